The van der Waals surface area contributed by atoms with Crippen molar-refractivity contribution in [1.82, 2.24) is 10.2 Å². The van der Waals surface area contributed by atoms with Gasteiger partial charge in [0.05, 0.1) is 12.6 Å². The molecule has 1 aliphatic rings. The van der Waals surface area contributed by atoms with Crippen LogP contribution >= 0.6 is 0 Å². The molecule has 1 N–H and O–H groups in total. The fourth-order valence-electron chi connectivity index (χ4n) is 2.58. The fourth-order valence-corrected chi connectivity index (χ4v) is 2.58. The van der Waals surface area contributed by atoms with E-state index in [0.29, 0.717) is 13.0 Å². The number of methoxy groups -OCH3 is 1. The summed E-state index contributed by atoms with van der Waals surface area (Å²) in [5.74, 6) is -0.0948. The largest absolute Gasteiger partial charge is 0.445 e. The number of amides is 2. The molecule has 22 heavy (non-hydrogen) atoms. The Bertz CT molecular complexity index is 506. The molecule has 0 bridgehead atoms. The lowest BCUT2D eigenvalue weighted by Gasteiger charge is -2.23. The summed E-state index contributed by atoms with van der Waals surface area (Å²) in [6.07, 6.45) is 0.442. The summed E-state index contributed by atoms with van der Waals surface area (Å²) < 4.78 is 10.7. The van der Waals surface area contributed by atoms with Gasteiger partial charge in [-0.15, -0.1) is 0 Å². The van der Waals surface area contributed by atoms with E-state index < -0.39 is 6.09 Å². The molecule has 1 aromatic rings. The molecule has 6 heteroatoms. The van der Waals surface area contributed by atoms with E-state index in [1.54, 1.807) is 19.1 Å². The molecule has 120 valence electrons. The number of carbonyl (C=O) groups is 2. The van der Waals surface area contributed by atoms with Gasteiger partial charge in [-0.25, -0.2) is 4.79 Å². The summed E-state index contributed by atoms with van der Waals surface area (Å²) in [5, 5.41) is 2.58. The Labute approximate surface area is 130 Å². The van der Waals surface area contributed by atoms with E-state index in [1.165, 1.54) is 0 Å². The summed E-state index contributed by atoms with van der Waals surface area (Å²) in [7, 11) is 3.20. The molecular formula is C16H22N2O4. The van der Waals surface area contributed by atoms with Crippen LogP contribution in [0, 0.1) is 0 Å². The van der Waals surface area contributed by atoms with E-state index in [2.05, 4.69) is 5.32 Å². The van der Waals surface area contributed by atoms with Crippen molar-refractivity contribution in [3.05, 3.63) is 35.9 Å². The predicted octanol–water partition coefficient (Wildman–Crippen LogP) is 1.55. The molecule has 0 spiro atoms. The van der Waals surface area contributed by atoms with Crippen LogP contribution in [-0.2, 0) is 20.9 Å². The first kappa shape index (κ1) is 16.3. The molecule has 0 saturated carbocycles. The Morgan fingerprint density at radius 2 is 2.05 bits per heavy atom. The quantitative estimate of drug-likeness (QED) is 0.896. The fraction of sp³-hybridized carbons (Fsp3) is 0.500. The zero-order chi connectivity index (χ0) is 15.9. The van der Waals surface area contributed by atoms with Crippen molar-refractivity contribution >= 4 is 12.0 Å². The van der Waals surface area contributed by atoms with Gasteiger partial charge in [0.1, 0.15) is 6.61 Å². The number of benzene rings is 1. The van der Waals surface area contributed by atoms with Crippen molar-refractivity contribution in [2.24, 2.45) is 0 Å². The zero-order valence-electron chi connectivity index (χ0n) is 13.0. The minimum absolute atomic E-state index is 0.0565. The maximum atomic E-state index is 12.3. The maximum absolute atomic E-state index is 12.3. The van der Waals surface area contributed by atoms with Gasteiger partial charge in [-0.3, -0.25) is 4.79 Å². The van der Waals surface area contributed by atoms with Crippen LogP contribution in [0.3, 0.4) is 0 Å². The first-order valence-corrected chi connectivity index (χ1v) is 7.34. The van der Waals surface area contributed by atoms with Crippen LogP contribution in [0.1, 0.15) is 18.4 Å². The Hall–Kier alpha value is -2.08. The molecule has 0 aromatic heterocycles. The van der Waals surface area contributed by atoms with Crippen LogP contribution in [0.4, 0.5) is 4.79 Å². The Morgan fingerprint density at radius 3 is 2.68 bits per heavy atom. The lowest BCUT2D eigenvalue weighted by atomic mass is 10.1. The van der Waals surface area contributed by atoms with Crippen LogP contribution in [0.25, 0.3) is 0 Å². The molecule has 1 aromatic carbocycles. The van der Waals surface area contributed by atoms with E-state index in [9.17, 15) is 9.59 Å². The Kier molecular flexibility index (Phi) is 5.77. The standard InChI is InChI=1S/C16H22N2O4/c1-17-15(19)9-13-8-14(21-2)10-18(13)16(20)22-11-12-6-4-3-5-7-12/h3-7,13-14H,8-11H2,1-2H3,(H,17,19)/t13-,14-/m0/s1. The number of carbonyl (C=O) groups excluding carboxylic acids is 2. The number of rotatable bonds is 5. The summed E-state index contributed by atoms with van der Waals surface area (Å²) in [6, 6.07) is 9.32. The van der Waals surface area contributed by atoms with Gasteiger partial charge in [-0.05, 0) is 12.0 Å². The topological polar surface area (TPSA) is 67.9 Å². The van der Waals surface area contributed by atoms with Crippen molar-refractivity contribution in [2.45, 2.75) is 31.6 Å². The highest BCUT2D eigenvalue weighted by Crippen LogP contribution is 2.23. The van der Waals surface area contributed by atoms with Gasteiger partial charge in [0.25, 0.3) is 0 Å². The number of hydrogen-bond donors (Lipinski definition) is 1. The second-order valence-electron chi connectivity index (χ2n) is 5.32. The van der Waals surface area contributed by atoms with E-state index in [0.717, 1.165) is 5.56 Å². The molecule has 1 aliphatic heterocycles. The second kappa shape index (κ2) is 7.79. The normalized spacial score (nSPS) is 20.7. The molecule has 0 unspecified atom stereocenters. The lowest BCUT2D eigenvalue weighted by Crippen LogP contribution is -2.39. The van der Waals surface area contributed by atoms with Crippen molar-refractivity contribution in [3.8, 4) is 0 Å². The molecule has 0 radical (unpaired) electrons. The number of nitrogens with one attached hydrogen (secondary N) is 1. The monoisotopic (exact) mass is 306 g/mol. The third-order valence-corrected chi connectivity index (χ3v) is 3.85. The van der Waals surface area contributed by atoms with Crippen LogP contribution in [0.2, 0.25) is 0 Å². The lowest BCUT2D eigenvalue weighted by molar-refractivity contribution is -0.121. The molecule has 2 atom stereocenters. The third-order valence-electron chi connectivity index (χ3n) is 3.85. The predicted molar refractivity (Wildman–Crippen MR) is 81.2 cm³/mol. The van der Waals surface area contributed by atoms with Crippen molar-refractivity contribution in [2.75, 3.05) is 20.7 Å². The average molecular weight is 306 g/mol. The summed E-state index contributed by atoms with van der Waals surface area (Å²) >= 11 is 0. The van der Waals surface area contributed by atoms with Crippen molar-refractivity contribution in [3.63, 3.8) is 0 Å². The summed E-state index contributed by atoms with van der Waals surface area (Å²) in [4.78, 5) is 25.4. The minimum Gasteiger partial charge on any atom is -0.445 e. The number of hydrogen-bond acceptors (Lipinski definition) is 4. The van der Waals surface area contributed by atoms with Gasteiger partial charge >= 0.3 is 6.09 Å². The number of likely N-dealkylation sites (tertiary alicyclic amines) is 1. The Balaban J connectivity index is 1.94. The van der Waals surface area contributed by atoms with Crippen LogP contribution in [0.5, 0.6) is 0 Å². The summed E-state index contributed by atoms with van der Waals surface area (Å²) in [6.45, 7) is 0.673. The van der Waals surface area contributed by atoms with Gasteiger partial charge < -0.3 is 19.7 Å². The average Bonchev–Trinajstić information content (AvgIpc) is 2.96. The first-order valence-electron chi connectivity index (χ1n) is 7.34. The van der Waals surface area contributed by atoms with Crippen molar-refractivity contribution < 1.29 is 19.1 Å². The van der Waals surface area contributed by atoms with Gasteiger partial charge in [-0.2, -0.15) is 0 Å². The molecule has 1 heterocycles. The van der Waals surface area contributed by atoms with Gasteiger partial charge in [0.15, 0.2) is 0 Å². The second-order valence-corrected chi connectivity index (χ2v) is 5.32. The molecule has 2 amide bonds. The highest BCUT2D eigenvalue weighted by molar-refractivity contribution is 5.77. The van der Waals surface area contributed by atoms with E-state index in [1.807, 2.05) is 30.3 Å². The van der Waals surface area contributed by atoms with Crippen molar-refractivity contribution in [1.29, 1.82) is 0 Å². The highest BCUT2D eigenvalue weighted by Gasteiger charge is 2.37. The Morgan fingerprint density at radius 1 is 1.32 bits per heavy atom. The first-order chi connectivity index (χ1) is 10.6. The van der Waals surface area contributed by atoms with Gasteiger partial charge in [-0.1, -0.05) is 30.3 Å². The summed E-state index contributed by atoms with van der Waals surface area (Å²) in [5.41, 5.74) is 0.932. The minimum atomic E-state index is -0.405. The van der Waals surface area contributed by atoms with Gasteiger partial charge in [0.2, 0.25) is 5.91 Å². The maximum Gasteiger partial charge on any atom is 0.410 e. The molecular weight excluding hydrogens is 284 g/mol. The number of nitrogens with zero attached hydrogens (tertiary/aromatic N) is 1. The third kappa shape index (κ3) is 4.21. The smallest absolute Gasteiger partial charge is 0.410 e. The highest BCUT2D eigenvalue weighted by atomic mass is 16.6. The molecule has 0 aliphatic carbocycles. The molecule has 1 fully saturated rings. The molecule has 1 saturated heterocycles. The van der Waals surface area contributed by atoms with E-state index in [4.69, 9.17) is 9.47 Å². The van der Waals surface area contributed by atoms with E-state index in [-0.39, 0.29) is 31.1 Å². The van der Waals surface area contributed by atoms with Crippen LogP contribution in [-0.4, -0.2) is 49.7 Å². The van der Waals surface area contributed by atoms with E-state index >= 15 is 0 Å². The molecule has 2 rings (SSSR count). The van der Waals surface area contributed by atoms with Crippen LogP contribution in [0.15, 0.2) is 30.3 Å². The number of ether oxygens (including phenoxy) is 2. The van der Waals surface area contributed by atoms with Gasteiger partial charge in [0, 0.05) is 26.6 Å². The van der Waals surface area contributed by atoms with Crippen LogP contribution < -0.4 is 5.32 Å². The molecule has 6 nitrogen and oxygen atoms in total. The zero-order valence-corrected chi connectivity index (χ0v) is 13.0. The SMILES string of the molecule is CNC(=O)C[C@@H]1C[C@H](OC)CN1C(=O)OCc1ccccc1.